The number of rotatable bonds is 0. The monoisotopic (exact) mass is 288 g/mol. The Bertz CT molecular complexity index is 562. The lowest BCUT2D eigenvalue weighted by molar-refractivity contribution is 0.0168. The normalized spacial score (nSPS) is 21.0. The molecule has 0 radical (unpaired) electrons. The van der Waals surface area contributed by atoms with Gasteiger partial charge in [0.1, 0.15) is 5.60 Å². The van der Waals surface area contributed by atoms with E-state index < -0.39 is 5.60 Å². The summed E-state index contributed by atoms with van der Waals surface area (Å²) in [7, 11) is 0. The smallest absolute Gasteiger partial charge is 0.410 e. The van der Waals surface area contributed by atoms with Crippen LogP contribution in [0, 0.1) is 0 Å². The van der Waals surface area contributed by atoms with Gasteiger partial charge in [-0.2, -0.15) is 0 Å². The largest absolute Gasteiger partial charge is 0.444 e. The Balaban J connectivity index is 1.89. The maximum Gasteiger partial charge on any atom is 0.410 e. The van der Waals surface area contributed by atoms with E-state index in [2.05, 4.69) is 30.0 Å². The highest BCUT2D eigenvalue weighted by molar-refractivity contribution is 5.71. The molecule has 2 heterocycles. The number of benzene rings is 1. The fraction of sp³-hybridized carbons (Fsp3) is 0.588. The predicted octanol–water partition coefficient (Wildman–Crippen LogP) is 3.19. The first-order valence-electron chi connectivity index (χ1n) is 7.70. The number of para-hydroxylation sites is 1. The van der Waals surface area contributed by atoms with Crippen molar-refractivity contribution in [3.63, 3.8) is 0 Å². The Kier molecular flexibility index (Phi) is 3.34. The van der Waals surface area contributed by atoms with Crippen LogP contribution >= 0.6 is 0 Å². The molecule has 2 aliphatic heterocycles. The Morgan fingerprint density at radius 2 is 2.00 bits per heavy atom. The molecule has 0 spiro atoms. The molecule has 0 aliphatic carbocycles. The lowest BCUT2D eigenvalue weighted by atomic mass is 10.1. The Labute approximate surface area is 126 Å². The van der Waals surface area contributed by atoms with E-state index in [9.17, 15) is 4.79 Å². The van der Waals surface area contributed by atoms with Crippen molar-refractivity contribution in [3.05, 3.63) is 29.3 Å². The zero-order chi connectivity index (χ0) is 15.2. The van der Waals surface area contributed by atoms with Gasteiger partial charge in [-0.1, -0.05) is 18.2 Å². The number of hydrogen-bond donors (Lipinski definition) is 0. The van der Waals surface area contributed by atoms with Gasteiger partial charge in [-0.3, -0.25) is 4.90 Å². The molecule has 1 unspecified atom stereocenters. The van der Waals surface area contributed by atoms with Crippen LogP contribution in [0.2, 0.25) is 0 Å². The van der Waals surface area contributed by atoms with Gasteiger partial charge in [0.2, 0.25) is 0 Å². The van der Waals surface area contributed by atoms with Crippen LogP contribution in [0.5, 0.6) is 0 Å². The van der Waals surface area contributed by atoms with Crippen LogP contribution in [-0.2, 0) is 17.7 Å². The number of amides is 1. The van der Waals surface area contributed by atoms with Gasteiger partial charge < -0.3 is 9.64 Å². The predicted molar refractivity (Wildman–Crippen MR) is 83.6 cm³/mol. The summed E-state index contributed by atoms with van der Waals surface area (Å²) in [5.41, 5.74) is 3.53. The van der Waals surface area contributed by atoms with Crippen LogP contribution in [0.15, 0.2) is 18.2 Å². The van der Waals surface area contributed by atoms with Crippen molar-refractivity contribution < 1.29 is 9.53 Å². The Morgan fingerprint density at radius 3 is 2.71 bits per heavy atom. The van der Waals surface area contributed by atoms with Gasteiger partial charge >= 0.3 is 6.09 Å². The summed E-state index contributed by atoms with van der Waals surface area (Å²) in [4.78, 5) is 16.8. The molecule has 1 amide bonds. The van der Waals surface area contributed by atoms with Gasteiger partial charge in [0.15, 0.2) is 0 Å². The van der Waals surface area contributed by atoms with Crippen molar-refractivity contribution in [1.82, 2.24) is 4.90 Å². The molecule has 0 bridgehead atoms. The van der Waals surface area contributed by atoms with Crippen LogP contribution in [0.1, 0.15) is 38.8 Å². The fourth-order valence-electron chi connectivity index (χ4n) is 3.25. The summed E-state index contributed by atoms with van der Waals surface area (Å²) in [6.45, 7) is 10.4. The van der Waals surface area contributed by atoms with Gasteiger partial charge in [0.25, 0.3) is 0 Å². The maximum atomic E-state index is 12.5. The first kappa shape index (κ1) is 14.2. The van der Waals surface area contributed by atoms with Crippen LogP contribution in [0.25, 0.3) is 0 Å². The molecule has 1 aromatic carbocycles. The van der Waals surface area contributed by atoms with Gasteiger partial charge in [0.05, 0.1) is 12.6 Å². The summed E-state index contributed by atoms with van der Waals surface area (Å²) in [6, 6.07) is 6.58. The molecular formula is C17H24N2O2. The molecule has 0 fully saturated rings. The Hall–Kier alpha value is -1.71. The van der Waals surface area contributed by atoms with E-state index in [0.29, 0.717) is 6.54 Å². The lowest BCUT2D eigenvalue weighted by Crippen LogP contribution is -2.44. The van der Waals surface area contributed by atoms with Crippen LogP contribution in [-0.4, -0.2) is 35.7 Å². The van der Waals surface area contributed by atoms with Gasteiger partial charge in [-0.15, -0.1) is 0 Å². The van der Waals surface area contributed by atoms with Crippen molar-refractivity contribution in [2.45, 2.75) is 52.3 Å². The maximum absolute atomic E-state index is 12.5. The van der Waals surface area contributed by atoms with E-state index in [1.807, 2.05) is 25.7 Å². The number of ether oxygens (including phenoxy) is 1. The van der Waals surface area contributed by atoms with E-state index in [1.165, 1.54) is 16.8 Å². The summed E-state index contributed by atoms with van der Waals surface area (Å²) in [5, 5.41) is 0. The zero-order valence-corrected chi connectivity index (χ0v) is 13.3. The fourth-order valence-corrected chi connectivity index (χ4v) is 3.25. The summed E-state index contributed by atoms with van der Waals surface area (Å²) < 4.78 is 5.57. The van der Waals surface area contributed by atoms with E-state index in [4.69, 9.17) is 4.74 Å². The number of carbonyl (C=O) groups is 1. The number of hydrogen-bond acceptors (Lipinski definition) is 3. The average molecular weight is 288 g/mol. The van der Waals surface area contributed by atoms with Crippen molar-refractivity contribution in [3.8, 4) is 0 Å². The van der Waals surface area contributed by atoms with Crippen molar-refractivity contribution in [2.24, 2.45) is 0 Å². The SMILES string of the molecule is CC1CN2CCc3cccc(c32)CN1C(=O)OC(C)(C)C. The molecule has 1 atom stereocenters. The topological polar surface area (TPSA) is 32.8 Å². The quantitative estimate of drug-likeness (QED) is 0.735. The molecule has 21 heavy (non-hydrogen) atoms. The molecule has 0 saturated carbocycles. The highest BCUT2D eigenvalue weighted by Crippen LogP contribution is 2.35. The van der Waals surface area contributed by atoms with E-state index in [-0.39, 0.29) is 12.1 Å². The van der Waals surface area contributed by atoms with E-state index in [1.54, 1.807) is 0 Å². The van der Waals surface area contributed by atoms with Crippen molar-refractivity contribution in [1.29, 1.82) is 0 Å². The molecule has 2 aliphatic rings. The standard InChI is InChI=1S/C17H24N2O2/c1-12-10-18-9-8-13-6-5-7-14(15(13)18)11-19(12)16(20)21-17(2,3)4/h5-7,12H,8-11H2,1-4H3. The molecular weight excluding hydrogens is 264 g/mol. The van der Waals surface area contributed by atoms with Gasteiger partial charge in [-0.25, -0.2) is 4.79 Å². The average Bonchev–Trinajstić information content (AvgIpc) is 2.70. The first-order chi connectivity index (χ1) is 9.85. The minimum Gasteiger partial charge on any atom is -0.444 e. The van der Waals surface area contributed by atoms with E-state index >= 15 is 0 Å². The van der Waals surface area contributed by atoms with Gasteiger partial charge in [0, 0.05) is 18.8 Å². The number of nitrogens with zero attached hydrogens (tertiary/aromatic N) is 2. The van der Waals surface area contributed by atoms with E-state index in [0.717, 1.165) is 19.5 Å². The summed E-state index contributed by atoms with van der Waals surface area (Å²) in [6.07, 6.45) is 0.899. The number of carbonyl (C=O) groups excluding carboxylic acids is 1. The molecule has 4 heteroatoms. The molecule has 0 N–H and O–H groups in total. The number of anilines is 1. The van der Waals surface area contributed by atoms with Gasteiger partial charge in [-0.05, 0) is 45.2 Å². The zero-order valence-electron chi connectivity index (χ0n) is 13.3. The minimum atomic E-state index is -0.454. The van der Waals surface area contributed by atoms with Crippen LogP contribution in [0.3, 0.4) is 0 Å². The van der Waals surface area contributed by atoms with Crippen molar-refractivity contribution >= 4 is 11.8 Å². The summed E-state index contributed by atoms with van der Waals surface area (Å²) >= 11 is 0. The minimum absolute atomic E-state index is 0.151. The third-order valence-electron chi connectivity index (χ3n) is 4.16. The second kappa shape index (κ2) is 4.93. The lowest BCUT2D eigenvalue weighted by Gasteiger charge is -2.31. The molecule has 0 saturated heterocycles. The Morgan fingerprint density at radius 1 is 1.29 bits per heavy atom. The highest BCUT2D eigenvalue weighted by Gasteiger charge is 2.33. The molecule has 114 valence electrons. The molecule has 3 rings (SSSR count). The molecule has 0 aromatic heterocycles. The molecule has 4 nitrogen and oxygen atoms in total. The third kappa shape index (κ3) is 2.71. The van der Waals surface area contributed by atoms with Crippen molar-refractivity contribution in [2.75, 3.05) is 18.0 Å². The van der Waals surface area contributed by atoms with Crippen LogP contribution in [0.4, 0.5) is 10.5 Å². The molecule has 1 aromatic rings. The summed E-state index contributed by atoms with van der Waals surface area (Å²) in [5.74, 6) is 0. The van der Waals surface area contributed by atoms with Crippen LogP contribution < -0.4 is 4.90 Å². The highest BCUT2D eigenvalue weighted by atomic mass is 16.6. The second-order valence-electron chi connectivity index (χ2n) is 7.08. The third-order valence-corrected chi connectivity index (χ3v) is 4.16. The second-order valence-corrected chi connectivity index (χ2v) is 7.08. The first-order valence-corrected chi connectivity index (χ1v) is 7.70.